The molecule has 1 aliphatic rings. The highest BCUT2D eigenvalue weighted by molar-refractivity contribution is 9.10. The number of para-hydroxylation sites is 1. The molecule has 0 spiro atoms. The van der Waals surface area contributed by atoms with E-state index in [4.69, 9.17) is 4.99 Å². The molecule has 3 heteroatoms. The number of hydrogen-bond acceptors (Lipinski definition) is 2. The molecule has 1 aliphatic heterocycles. The van der Waals surface area contributed by atoms with Gasteiger partial charge in [-0.15, -0.1) is 0 Å². The Balaban J connectivity index is 1.40. The molecule has 1 nitrogen and oxygen atoms in total. The summed E-state index contributed by atoms with van der Waals surface area (Å²) < 4.78 is 1.09. The molecule has 0 amide bonds. The minimum Gasteiger partial charge on any atom is -0.255 e. The van der Waals surface area contributed by atoms with Crippen LogP contribution in [0.4, 0.5) is 5.69 Å². The minimum atomic E-state index is 1.02. The van der Waals surface area contributed by atoms with Crippen molar-refractivity contribution in [1.82, 2.24) is 0 Å². The van der Waals surface area contributed by atoms with Crippen molar-refractivity contribution in [3.8, 4) is 33.4 Å². The third kappa shape index (κ3) is 4.13. The second-order valence-electron chi connectivity index (χ2n) is 8.21. The maximum atomic E-state index is 4.80. The average Bonchev–Trinajstić information content (AvgIpc) is 3.09. The topological polar surface area (TPSA) is 12.4 Å². The van der Waals surface area contributed by atoms with Crippen LogP contribution in [0.15, 0.2) is 135 Å². The fraction of sp³-hybridized carbons (Fsp3) is 0. The highest BCUT2D eigenvalue weighted by Gasteiger charge is 2.15. The summed E-state index contributed by atoms with van der Waals surface area (Å²) in [5.74, 6) is 0. The molecule has 0 unspecified atom stereocenters. The van der Waals surface area contributed by atoms with Gasteiger partial charge >= 0.3 is 0 Å². The predicted octanol–water partition coefficient (Wildman–Crippen LogP) is 9.67. The molecule has 0 bridgehead atoms. The van der Waals surface area contributed by atoms with E-state index < -0.39 is 0 Å². The quantitative estimate of drug-likeness (QED) is 0.227. The summed E-state index contributed by atoms with van der Waals surface area (Å²) in [6, 6.07) is 40.9. The SMILES string of the molecule is Brc1ccc(-c2cccc(-c3cccc(-c4cccc5c4C=Nc4ccccc4S5)c3)c2)cc1. The third-order valence-electron chi connectivity index (χ3n) is 6.03. The van der Waals surface area contributed by atoms with Crippen molar-refractivity contribution in [2.45, 2.75) is 9.79 Å². The summed E-state index contributed by atoms with van der Waals surface area (Å²) in [5.41, 5.74) is 9.43. The molecule has 0 radical (unpaired) electrons. The number of fused-ring (bicyclic) bond motifs is 2. The van der Waals surface area contributed by atoms with Crippen molar-refractivity contribution in [3.05, 3.63) is 125 Å². The molecule has 0 aliphatic carbocycles. The second-order valence-corrected chi connectivity index (χ2v) is 10.2. The van der Waals surface area contributed by atoms with Gasteiger partial charge in [0.2, 0.25) is 0 Å². The van der Waals surface area contributed by atoms with Gasteiger partial charge in [-0.05, 0) is 75.8 Å². The van der Waals surface area contributed by atoms with E-state index in [0.717, 1.165) is 10.2 Å². The Labute approximate surface area is 212 Å². The van der Waals surface area contributed by atoms with Gasteiger partial charge in [0.25, 0.3) is 0 Å². The highest BCUT2D eigenvalue weighted by Crippen LogP contribution is 2.42. The van der Waals surface area contributed by atoms with E-state index in [0.29, 0.717) is 0 Å². The highest BCUT2D eigenvalue weighted by atomic mass is 79.9. The van der Waals surface area contributed by atoms with Crippen LogP contribution in [0, 0.1) is 0 Å². The van der Waals surface area contributed by atoms with Crippen molar-refractivity contribution < 1.29 is 0 Å². The summed E-state index contributed by atoms with van der Waals surface area (Å²) in [6.45, 7) is 0. The monoisotopic (exact) mass is 517 g/mol. The molecular formula is C31H20BrNS. The van der Waals surface area contributed by atoms with E-state index in [1.165, 1.54) is 48.7 Å². The molecule has 34 heavy (non-hydrogen) atoms. The Morgan fingerprint density at radius 2 is 1.15 bits per heavy atom. The van der Waals surface area contributed by atoms with Crippen LogP contribution in [-0.4, -0.2) is 6.21 Å². The maximum absolute atomic E-state index is 4.80. The lowest BCUT2D eigenvalue weighted by Gasteiger charge is -2.12. The number of rotatable bonds is 3. The second kappa shape index (κ2) is 9.09. The molecule has 5 aromatic rings. The van der Waals surface area contributed by atoms with Crippen LogP contribution >= 0.6 is 27.7 Å². The summed E-state index contributed by atoms with van der Waals surface area (Å²) in [6.07, 6.45) is 2.02. The van der Waals surface area contributed by atoms with Crippen LogP contribution in [-0.2, 0) is 0 Å². The van der Waals surface area contributed by atoms with Crippen LogP contribution in [0.2, 0.25) is 0 Å². The lowest BCUT2D eigenvalue weighted by Crippen LogP contribution is -1.91. The van der Waals surface area contributed by atoms with E-state index in [-0.39, 0.29) is 0 Å². The fourth-order valence-corrected chi connectivity index (χ4v) is 5.60. The van der Waals surface area contributed by atoms with Gasteiger partial charge in [0, 0.05) is 26.0 Å². The molecule has 1 heterocycles. The molecule has 0 aromatic heterocycles. The van der Waals surface area contributed by atoms with Crippen molar-refractivity contribution in [3.63, 3.8) is 0 Å². The largest absolute Gasteiger partial charge is 0.255 e. The molecule has 5 aromatic carbocycles. The summed E-state index contributed by atoms with van der Waals surface area (Å²) >= 11 is 5.31. The molecule has 162 valence electrons. The minimum absolute atomic E-state index is 1.02. The van der Waals surface area contributed by atoms with E-state index in [1.54, 1.807) is 11.8 Å². The van der Waals surface area contributed by atoms with Crippen LogP contribution in [0.25, 0.3) is 33.4 Å². The van der Waals surface area contributed by atoms with Crippen molar-refractivity contribution in [2.75, 3.05) is 0 Å². The summed E-state index contributed by atoms with van der Waals surface area (Å²) in [7, 11) is 0. The first kappa shape index (κ1) is 21.2. The van der Waals surface area contributed by atoms with Gasteiger partial charge in [-0.1, -0.05) is 100 Å². The van der Waals surface area contributed by atoms with Gasteiger partial charge in [-0.25, -0.2) is 0 Å². The smallest absolute Gasteiger partial charge is 0.0769 e. The number of aliphatic imine (C=N–C) groups is 1. The molecule has 0 atom stereocenters. The van der Waals surface area contributed by atoms with Gasteiger partial charge in [-0.3, -0.25) is 4.99 Å². The Hall–Kier alpha value is -3.40. The van der Waals surface area contributed by atoms with Crippen molar-refractivity contribution >= 4 is 39.6 Å². The van der Waals surface area contributed by atoms with E-state index in [1.807, 2.05) is 12.3 Å². The van der Waals surface area contributed by atoms with Crippen molar-refractivity contribution in [2.24, 2.45) is 4.99 Å². The Kier molecular flexibility index (Phi) is 5.66. The normalized spacial score (nSPS) is 12.0. The van der Waals surface area contributed by atoms with Crippen molar-refractivity contribution in [1.29, 1.82) is 0 Å². The average molecular weight is 518 g/mol. The number of hydrogen-bond donors (Lipinski definition) is 0. The Bertz CT molecular complexity index is 1540. The van der Waals surface area contributed by atoms with Gasteiger partial charge in [0.1, 0.15) is 0 Å². The van der Waals surface area contributed by atoms with Gasteiger partial charge in [-0.2, -0.15) is 0 Å². The Morgan fingerprint density at radius 1 is 0.529 bits per heavy atom. The predicted molar refractivity (Wildman–Crippen MR) is 148 cm³/mol. The molecule has 0 fully saturated rings. The summed E-state index contributed by atoms with van der Waals surface area (Å²) in [5, 5.41) is 0. The number of halogens is 1. The zero-order valence-electron chi connectivity index (χ0n) is 18.3. The van der Waals surface area contributed by atoms with Crippen LogP contribution < -0.4 is 0 Å². The van der Waals surface area contributed by atoms with Crippen LogP contribution in [0.1, 0.15) is 5.56 Å². The maximum Gasteiger partial charge on any atom is 0.0769 e. The first-order chi connectivity index (χ1) is 16.7. The Morgan fingerprint density at radius 3 is 1.94 bits per heavy atom. The first-order valence-corrected chi connectivity index (χ1v) is 12.8. The fourth-order valence-electron chi connectivity index (χ4n) is 4.31. The van der Waals surface area contributed by atoms with Gasteiger partial charge < -0.3 is 0 Å². The van der Waals surface area contributed by atoms with Gasteiger partial charge in [0.05, 0.1) is 5.69 Å². The van der Waals surface area contributed by atoms with E-state index >= 15 is 0 Å². The lowest BCUT2D eigenvalue weighted by atomic mass is 9.94. The zero-order chi connectivity index (χ0) is 22.9. The number of benzene rings is 5. The molecular weight excluding hydrogens is 498 g/mol. The number of nitrogens with zero attached hydrogens (tertiary/aromatic N) is 1. The molecule has 0 saturated carbocycles. The van der Waals surface area contributed by atoms with Gasteiger partial charge in [0.15, 0.2) is 0 Å². The third-order valence-corrected chi connectivity index (χ3v) is 7.70. The van der Waals surface area contributed by atoms with E-state index in [9.17, 15) is 0 Å². The molecule has 0 N–H and O–H groups in total. The van der Waals surface area contributed by atoms with E-state index in [2.05, 4.69) is 125 Å². The van der Waals surface area contributed by atoms with Crippen LogP contribution in [0.3, 0.4) is 0 Å². The van der Waals surface area contributed by atoms with Crippen LogP contribution in [0.5, 0.6) is 0 Å². The summed E-state index contributed by atoms with van der Waals surface area (Å²) in [4.78, 5) is 7.22. The first-order valence-electron chi connectivity index (χ1n) is 11.2. The lowest BCUT2D eigenvalue weighted by molar-refractivity contribution is 1.38. The molecule has 6 rings (SSSR count). The zero-order valence-corrected chi connectivity index (χ0v) is 20.7. The standard InChI is InChI=1S/C31H20BrNS/c32-26-16-14-21(15-17-26)22-6-3-7-23(18-22)24-8-4-9-25(19-24)27-10-5-13-30-28(27)20-33-29-11-1-2-12-31(29)34-30/h1-20H. The molecule has 0 saturated heterocycles.